The van der Waals surface area contributed by atoms with Crippen molar-refractivity contribution >= 4 is 23.1 Å². The molecule has 0 aliphatic rings. The van der Waals surface area contributed by atoms with Gasteiger partial charge in [-0.25, -0.2) is 0 Å². The Bertz CT molecular complexity index is 238. The van der Waals surface area contributed by atoms with Gasteiger partial charge in [-0.1, -0.05) is 33.0 Å². The molecule has 0 radical (unpaired) electrons. The fourth-order valence-corrected chi connectivity index (χ4v) is 2.03. The van der Waals surface area contributed by atoms with Crippen LogP contribution in [-0.2, 0) is 4.79 Å². The zero-order valence-corrected chi connectivity index (χ0v) is 11.1. The lowest BCUT2D eigenvalue weighted by molar-refractivity contribution is -0.135. The molecule has 0 heterocycles. The lowest BCUT2D eigenvalue weighted by atomic mass is 9.94. The molecule has 0 saturated heterocycles. The van der Waals surface area contributed by atoms with Crippen LogP contribution in [0.5, 0.6) is 0 Å². The van der Waals surface area contributed by atoms with E-state index in [1.807, 2.05) is 20.8 Å². The second-order valence-corrected chi connectivity index (χ2v) is 4.64. The molecule has 0 aliphatic carbocycles. The summed E-state index contributed by atoms with van der Waals surface area (Å²) < 4.78 is 0. The summed E-state index contributed by atoms with van der Waals surface area (Å²) in [4.78, 5) is 14.0. The highest BCUT2D eigenvalue weighted by molar-refractivity contribution is 7.80. The van der Waals surface area contributed by atoms with Crippen molar-refractivity contribution in [3.8, 4) is 0 Å². The van der Waals surface area contributed by atoms with Crippen LogP contribution in [0, 0.1) is 11.8 Å². The minimum Gasteiger partial charge on any atom is -0.395 e. The Kier molecular flexibility index (Phi) is 7.25. The largest absolute Gasteiger partial charge is 0.395 e. The van der Waals surface area contributed by atoms with Crippen molar-refractivity contribution in [2.45, 2.75) is 27.2 Å². The first-order valence-corrected chi connectivity index (χ1v) is 6.05. The van der Waals surface area contributed by atoms with Crippen LogP contribution in [0.2, 0.25) is 0 Å². The molecule has 0 saturated carbocycles. The summed E-state index contributed by atoms with van der Waals surface area (Å²) in [5.41, 5.74) is 5.59. The molecular weight excluding hydrogens is 224 g/mol. The van der Waals surface area contributed by atoms with Crippen LogP contribution < -0.4 is 5.73 Å². The summed E-state index contributed by atoms with van der Waals surface area (Å²) in [6.45, 7) is 6.77. The predicted octanol–water partition coefficient (Wildman–Crippen LogP) is 0.776. The van der Waals surface area contributed by atoms with E-state index >= 15 is 0 Å². The molecule has 16 heavy (non-hydrogen) atoms. The number of thiocarbonyl (C=S) groups is 1. The fraction of sp³-hybridized carbons (Fsp3) is 0.818. The van der Waals surface area contributed by atoms with E-state index in [1.54, 1.807) is 4.90 Å². The van der Waals surface area contributed by atoms with Gasteiger partial charge in [-0.3, -0.25) is 4.79 Å². The zero-order valence-electron chi connectivity index (χ0n) is 10.3. The van der Waals surface area contributed by atoms with Gasteiger partial charge in [-0.2, -0.15) is 0 Å². The van der Waals surface area contributed by atoms with E-state index in [9.17, 15) is 4.79 Å². The normalized spacial score (nSPS) is 12.6. The smallest absolute Gasteiger partial charge is 0.232 e. The van der Waals surface area contributed by atoms with Crippen molar-refractivity contribution in [1.82, 2.24) is 4.90 Å². The van der Waals surface area contributed by atoms with Gasteiger partial charge in [-0.05, 0) is 12.3 Å². The van der Waals surface area contributed by atoms with Gasteiger partial charge in [0.15, 0.2) is 0 Å². The fourth-order valence-electron chi connectivity index (χ4n) is 1.65. The van der Waals surface area contributed by atoms with Crippen LogP contribution in [0.3, 0.4) is 0 Å². The molecular formula is C11H22N2O2S. The Morgan fingerprint density at radius 1 is 1.44 bits per heavy atom. The van der Waals surface area contributed by atoms with Crippen LogP contribution in [0.25, 0.3) is 0 Å². The number of aliphatic hydroxyl groups excluding tert-OH is 1. The number of carbonyl (C=O) groups excluding carboxylic acids is 1. The van der Waals surface area contributed by atoms with E-state index in [4.69, 9.17) is 23.1 Å². The first-order valence-electron chi connectivity index (χ1n) is 5.64. The van der Waals surface area contributed by atoms with Gasteiger partial charge >= 0.3 is 0 Å². The maximum atomic E-state index is 12.2. The van der Waals surface area contributed by atoms with Gasteiger partial charge in [0.05, 0.1) is 17.5 Å². The van der Waals surface area contributed by atoms with Gasteiger partial charge in [-0.15, -0.1) is 0 Å². The van der Waals surface area contributed by atoms with Crippen LogP contribution in [0.4, 0.5) is 0 Å². The molecule has 0 spiro atoms. The van der Waals surface area contributed by atoms with Gasteiger partial charge in [0.25, 0.3) is 0 Å². The quantitative estimate of drug-likeness (QED) is 0.651. The van der Waals surface area contributed by atoms with E-state index in [2.05, 4.69) is 0 Å². The molecule has 1 amide bonds. The summed E-state index contributed by atoms with van der Waals surface area (Å²) in [6, 6.07) is 0. The highest BCUT2D eigenvalue weighted by Gasteiger charge is 2.28. The maximum Gasteiger partial charge on any atom is 0.232 e. The standard InChI is InChI=1S/C11H22N2O2S/c1-4-5-13(6-7-14)11(15)9(8(2)3)10(12)16/h8-9,14H,4-7H2,1-3H3,(H2,12,16). The minimum absolute atomic E-state index is 0.0338. The lowest BCUT2D eigenvalue weighted by Crippen LogP contribution is -2.45. The van der Waals surface area contributed by atoms with Gasteiger partial charge in [0, 0.05) is 13.1 Å². The molecule has 0 aromatic heterocycles. The Hall–Kier alpha value is -0.680. The first kappa shape index (κ1) is 15.3. The Balaban J connectivity index is 4.72. The van der Waals surface area contributed by atoms with Crippen LogP contribution in [-0.4, -0.2) is 40.6 Å². The minimum atomic E-state index is -0.423. The number of carbonyl (C=O) groups is 1. The number of nitrogens with zero attached hydrogens (tertiary/aromatic N) is 1. The summed E-state index contributed by atoms with van der Waals surface area (Å²) >= 11 is 4.92. The molecule has 3 N–H and O–H groups in total. The second kappa shape index (κ2) is 7.57. The third-order valence-electron chi connectivity index (χ3n) is 2.41. The van der Waals surface area contributed by atoms with Crippen molar-refractivity contribution in [3.63, 3.8) is 0 Å². The second-order valence-electron chi connectivity index (χ2n) is 4.17. The molecule has 4 nitrogen and oxygen atoms in total. The molecule has 0 rings (SSSR count). The van der Waals surface area contributed by atoms with Crippen molar-refractivity contribution in [3.05, 3.63) is 0 Å². The number of aliphatic hydroxyl groups is 1. The first-order chi connectivity index (χ1) is 7.45. The summed E-state index contributed by atoms with van der Waals surface area (Å²) in [7, 11) is 0. The maximum absolute atomic E-state index is 12.2. The molecule has 0 bridgehead atoms. The highest BCUT2D eigenvalue weighted by atomic mass is 32.1. The van der Waals surface area contributed by atoms with E-state index in [0.717, 1.165) is 6.42 Å². The Morgan fingerprint density at radius 3 is 2.31 bits per heavy atom. The number of rotatable bonds is 7. The summed E-state index contributed by atoms with van der Waals surface area (Å²) in [5.74, 6) is -0.408. The molecule has 0 aromatic rings. The molecule has 1 unspecified atom stereocenters. The zero-order chi connectivity index (χ0) is 12.7. The number of nitrogens with two attached hydrogens (primary N) is 1. The van der Waals surface area contributed by atoms with E-state index < -0.39 is 5.92 Å². The third kappa shape index (κ3) is 4.45. The lowest BCUT2D eigenvalue weighted by Gasteiger charge is -2.28. The Morgan fingerprint density at radius 2 is 2.00 bits per heavy atom. The monoisotopic (exact) mass is 246 g/mol. The van der Waals surface area contributed by atoms with Crippen LogP contribution in [0.15, 0.2) is 0 Å². The third-order valence-corrected chi connectivity index (χ3v) is 2.67. The topological polar surface area (TPSA) is 66.6 Å². The SMILES string of the molecule is CCCN(CCO)C(=O)C(C(N)=S)C(C)C. The Labute approximate surface area is 103 Å². The molecule has 0 aliphatic heterocycles. The van der Waals surface area contributed by atoms with Gasteiger partial charge in [0.2, 0.25) is 5.91 Å². The average molecular weight is 246 g/mol. The molecule has 1 atom stereocenters. The van der Waals surface area contributed by atoms with Crippen LogP contribution >= 0.6 is 12.2 Å². The molecule has 0 fully saturated rings. The molecule has 5 heteroatoms. The van der Waals surface area contributed by atoms with Crippen molar-refractivity contribution in [2.75, 3.05) is 19.7 Å². The summed E-state index contributed by atoms with van der Waals surface area (Å²) in [5, 5.41) is 8.91. The number of hydrogen-bond acceptors (Lipinski definition) is 3. The van der Waals surface area contributed by atoms with Crippen LogP contribution in [0.1, 0.15) is 27.2 Å². The average Bonchev–Trinajstić information content (AvgIpc) is 2.16. The van der Waals surface area contributed by atoms with E-state index in [0.29, 0.717) is 13.1 Å². The number of hydrogen-bond donors (Lipinski definition) is 2. The van der Waals surface area contributed by atoms with E-state index in [-0.39, 0.29) is 23.4 Å². The molecule has 94 valence electrons. The van der Waals surface area contributed by atoms with Gasteiger partial charge < -0.3 is 15.7 Å². The van der Waals surface area contributed by atoms with Crippen molar-refractivity contribution in [1.29, 1.82) is 0 Å². The number of amides is 1. The molecule has 0 aromatic carbocycles. The van der Waals surface area contributed by atoms with E-state index in [1.165, 1.54) is 0 Å². The van der Waals surface area contributed by atoms with Crippen molar-refractivity contribution < 1.29 is 9.90 Å². The predicted molar refractivity (Wildman–Crippen MR) is 69.1 cm³/mol. The van der Waals surface area contributed by atoms with Crippen molar-refractivity contribution in [2.24, 2.45) is 17.6 Å². The summed E-state index contributed by atoms with van der Waals surface area (Å²) in [6.07, 6.45) is 0.855. The van der Waals surface area contributed by atoms with Gasteiger partial charge in [0.1, 0.15) is 0 Å². The highest BCUT2D eigenvalue weighted by Crippen LogP contribution is 2.15.